The lowest BCUT2D eigenvalue weighted by Crippen LogP contribution is -2.49. The molecule has 2 aliphatic rings. The quantitative estimate of drug-likeness (QED) is 0.755. The van der Waals surface area contributed by atoms with Gasteiger partial charge in [0.2, 0.25) is 0 Å². The van der Waals surface area contributed by atoms with Gasteiger partial charge in [0, 0.05) is 7.11 Å². The highest BCUT2D eigenvalue weighted by atomic mass is 16.5. The highest BCUT2D eigenvalue weighted by Crippen LogP contribution is 2.37. The molecule has 0 aromatic carbocycles. The molecule has 5 heteroatoms. The topological polar surface area (TPSA) is 62.7 Å². The fourth-order valence-corrected chi connectivity index (χ4v) is 3.02. The van der Waals surface area contributed by atoms with Crippen molar-refractivity contribution >= 4 is 11.9 Å². The zero-order valence-corrected chi connectivity index (χ0v) is 12.2. The molecule has 2 N–H and O–H groups in total. The van der Waals surface area contributed by atoms with Gasteiger partial charge in [0.25, 0.3) is 5.91 Å². The summed E-state index contributed by atoms with van der Waals surface area (Å²) in [4.78, 5) is 16.5. The Kier molecular flexibility index (Phi) is 4.45. The van der Waals surface area contributed by atoms with E-state index in [2.05, 4.69) is 29.5 Å². The van der Waals surface area contributed by atoms with Crippen molar-refractivity contribution in [3.63, 3.8) is 0 Å². The van der Waals surface area contributed by atoms with Crippen LogP contribution in [0.1, 0.15) is 39.5 Å². The summed E-state index contributed by atoms with van der Waals surface area (Å²) in [6, 6.07) is 0. The number of aliphatic imine (C=N–C) groups is 1. The van der Waals surface area contributed by atoms with E-state index in [0.29, 0.717) is 25.0 Å². The summed E-state index contributed by atoms with van der Waals surface area (Å²) in [5, 5.41) is 6.17. The van der Waals surface area contributed by atoms with E-state index in [1.54, 1.807) is 7.11 Å². The van der Waals surface area contributed by atoms with Gasteiger partial charge in [-0.3, -0.25) is 15.1 Å². The smallest absolute Gasteiger partial charge is 0.252 e. The van der Waals surface area contributed by atoms with Crippen LogP contribution in [0.5, 0.6) is 0 Å². The first kappa shape index (κ1) is 14.3. The van der Waals surface area contributed by atoms with Gasteiger partial charge in [-0.15, -0.1) is 0 Å². The molecular weight excluding hydrogens is 242 g/mol. The molecular formula is C14H25N3O2. The zero-order chi connectivity index (χ0) is 13.9. The van der Waals surface area contributed by atoms with E-state index in [1.165, 1.54) is 0 Å². The molecule has 1 aliphatic carbocycles. The van der Waals surface area contributed by atoms with E-state index in [0.717, 1.165) is 31.6 Å². The van der Waals surface area contributed by atoms with Crippen molar-refractivity contribution in [3.05, 3.63) is 0 Å². The van der Waals surface area contributed by atoms with E-state index in [1.807, 2.05) is 0 Å². The minimum Gasteiger partial charge on any atom is -0.383 e. The summed E-state index contributed by atoms with van der Waals surface area (Å²) in [5.74, 6) is 2.15. The van der Waals surface area contributed by atoms with Crippen molar-refractivity contribution < 1.29 is 9.53 Å². The third-order valence-electron chi connectivity index (χ3n) is 4.42. The molecule has 1 saturated carbocycles. The zero-order valence-electron chi connectivity index (χ0n) is 12.2. The number of carbonyl (C=O) groups is 1. The first-order valence-electron chi connectivity index (χ1n) is 7.20. The molecule has 0 aromatic rings. The second kappa shape index (κ2) is 5.90. The van der Waals surface area contributed by atoms with Gasteiger partial charge in [-0.25, -0.2) is 0 Å². The Balaban J connectivity index is 1.95. The van der Waals surface area contributed by atoms with Gasteiger partial charge in [0.15, 0.2) is 5.96 Å². The van der Waals surface area contributed by atoms with Crippen LogP contribution in [0.25, 0.3) is 0 Å². The van der Waals surface area contributed by atoms with Gasteiger partial charge in [0.1, 0.15) is 5.54 Å². The molecule has 1 spiro atoms. The fraction of sp³-hybridized carbons (Fsp3) is 0.857. The maximum atomic E-state index is 12.2. The maximum Gasteiger partial charge on any atom is 0.252 e. The van der Waals surface area contributed by atoms with Crippen LogP contribution in [-0.4, -0.2) is 37.7 Å². The summed E-state index contributed by atoms with van der Waals surface area (Å²) in [5.41, 5.74) is -0.405. The molecule has 0 radical (unpaired) electrons. The van der Waals surface area contributed by atoms with Crippen LogP contribution in [0.2, 0.25) is 0 Å². The van der Waals surface area contributed by atoms with Gasteiger partial charge in [-0.1, -0.05) is 13.8 Å². The molecule has 5 nitrogen and oxygen atoms in total. The van der Waals surface area contributed by atoms with Crippen molar-refractivity contribution in [1.82, 2.24) is 10.6 Å². The number of hydrogen-bond donors (Lipinski definition) is 2. The van der Waals surface area contributed by atoms with Crippen molar-refractivity contribution in [1.29, 1.82) is 0 Å². The predicted octanol–water partition coefficient (Wildman–Crippen LogP) is 1.29. The molecule has 1 heterocycles. The molecule has 0 aromatic heterocycles. The Labute approximate surface area is 115 Å². The van der Waals surface area contributed by atoms with Crippen molar-refractivity contribution in [2.75, 3.05) is 20.3 Å². The van der Waals surface area contributed by atoms with Gasteiger partial charge in [-0.05, 0) is 37.5 Å². The number of hydrogen-bond acceptors (Lipinski definition) is 3. The standard InChI is InChI=1S/C14H25N3O2/c1-10(2)11-4-6-14(7-5-11)12(18)16-13(17-14)15-8-9-19-3/h10-11H,4-9H2,1-3H3,(H2,15,16,17,18). The Morgan fingerprint density at radius 2 is 2.11 bits per heavy atom. The summed E-state index contributed by atoms with van der Waals surface area (Å²) in [6.07, 6.45) is 4.04. The average molecular weight is 267 g/mol. The van der Waals surface area contributed by atoms with Crippen molar-refractivity contribution in [3.8, 4) is 0 Å². The molecule has 0 atom stereocenters. The van der Waals surface area contributed by atoms with E-state index in [9.17, 15) is 4.79 Å². The van der Waals surface area contributed by atoms with Crippen LogP contribution in [0, 0.1) is 11.8 Å². The summed E-state index contributed by atoms with van der Waals surface area (Å²) in [6.45, 7) is 5.68. The minimum atomic E-state index is -0.405. The molecule has 0 unspecified atom stereocenters. The first-order valence-corrected chi connectivity index (χ1v) is 7.20. The average Bonchev–Trinajstić information content (AvgIpc) is 2.67. The third-order valence-corrected chi connectivity index (χ3v) is 4.42. The van der Waals surface area contributed by atoms with E-state index >= 15 is 0 Å². The van der Waals surface area contributed by atoms with Crippen LogP contribution >= 0.6 is 0 Å². The van der Waals surface area contributed by atoms with Crippen LogP contribution in [0.3, 0.4) is 0 Å². The van der Waals surface area contributed by atoms with Crippen LogP contribution in [0.15, 0.2) is 4.99 Å². The maximum absolute atomic E-state index is 12.2. The number of methoxy groups -OCH3 is 1. The number of rotatable bonds is 4. The Morgan fingerprint density at radius 1 is 1.42 bits per heavy atom. The van der Waals surface area contributed by atoms with Crippen molar-refractivity contribution in [2.45, 2.75) is 45.1 Å². The number of ether oxygens (including phenoxy) is 1. The van der Waals surface area contributed by atoms with Crippen molar-refractivity contribution in [2.24, 2.45) is 16.8 Å². The summed E-state index contributed by atoms with van der Waals surface area (Å²) in [7, 11) is 1.65. The number of guanidine groups is 1. The van der Waals surface area contributed by atoms with E-state index < -0.39 is 5.54 Å². The fourth-order valence-electron chi connectivity index (χ4n) is 3.02. The molecule has 19 heavy (non-hydrogen) atoms. The van der Waals surface area contributed by atoms with E-state index in [-0.39, 0.29) is 5.91 Å². The Hall–Kier alpha value is -1.10. The van der Waals surface area contributed by atoms with E-state index in [4.69, 9.17) is 4.74 Å². The van der Waals surface area contributed by atoms with Gasteiger partial charge >= 0.3 is 0 Å². The highest BCUT2D eigenvalue weighted by Gasteiger charge is 2.47. The summed E-state index contributed by atoms with van der Waals surface area (Å²) < 4.78 is 4.96. The normalized spacial score (nSPS) is 32.9. The molecule has 0 bridgehead atoms. The molecule has 2 rings (SSSR count). The van der Waals surface area contributed by atoms with Crippen LogP contribution < -0.4 is 10.6 Å². The number of nitrogens with one attached hydrogen (secondary N) is 2. The lowest BCUT2D eigenvalue weighted by atomic mass is 9.73. The van der Waals surface area contributed by atoms with Crippen LogP contribution in [-0.2, 0) is 9.53 Å². The second-order valence-electron chi connectivity index (χ2n) is 5.97. The number of nitrogens with zero attached hydrogens (tertiary/aromatic N) is 1. The Bertz CT molecular complexity index is 358. The first-order chi connectivity index (χ1) is 9.07. The lowest BCUT2D eigenvalue weighted by molar-refractivity contribution is -0.125. The molecule has 1 saturated heterocycles. The number of carbonyl (C=O) groups excluding carboxylic acids is 1. The van der Waals surface area contributed by atoms with Crippen LogP contribution in [0.4, 0.5) is 0 Å². The molecule has 1 amide bonds. The summed E-state index contributed by atoms with van der Waals surface area (Å²) >= 11 is 0. The van der Waals surface area contributed by atoms with Gasteiger partial charge in [0.05, 0.1) is 13.2 Å². The third kappa shape index (κ3) is 3.08. The highest BCUT2D eigenvalue weighted by molar-refractivity contribution is 6.09. The predicted molar refractivity (Wildman–Crippen MR) is 75.0 cm³/mol. The minimum absolute atomic E-state index is 0.0888. The molecule has 108 valence electrons. The molecule has 1 aliphatic heterocycles. The largest absolute Gasteiger partial charge is 0.383 e. The Morgan fingerprint density at radius 3 is 2.68 bits per heavy atom. The SMILES string of the molecule is COCCN=C1NC(=O)C2(CCC(C(C)C)CC2)N1. The van der Waals surface area contributed by atoms with Gasteiger partial charge < -0.3 is 10.1 Å². The second-order valence-corrected chi connectivity index (χ2v) is 5.97. The molecule has 2 fully saturated rings. The van der Waals surface area contributed by atoms with Gasteiger partial charge in [-0.2, -0.15) is 0 Å². The lowest BCUT2D eigenvalue weighted by Gasteiger charge is -2.36. The number of amides is 1. The monoisotopic (exact) mass is 267 g/mol.